The van der Waals surface area contributed by atoms with E-state index in [1.807, 2.05) is 20.8 Å². The Bertz CT molecular complexity index is 637. The molecule has 132 valence electrons. The minimum Gasteiger partial charge on any atom is -0.379 e. The molecule has 0 N–H and O–H groups in total. The Hall–Kier alpha value is -0.920. The van der Waals surface area contributed by atoms with Crippen molar-refractivity contribution < 1.29 is 13.2 Å². The molecule has 7 heteroatoms. The molecule has 1 aliphatic heterocycles. The van der Waals surface area contributed by atoms with E-state index in [-0.39, 0.29) is 12.1 Å². The van der Waals surface area contributed by atoms with E-state index in [9.17, 15) is 8.42 Å². The third kappa shape index (κ3) is 3.95. The first kappa shape index (κ1) is 18.4. The zero-order valence-corrected chi connectivity index (χ0v) is 15.7. The van der Waals surface area contributed by atoms with E-state index in [0.29, 0.717) is 29.4 Å². The Labute approximate surface area is 139 Å². The van der Waals surface area contributed by atoms with Crippen LogP contribution in [0.2, 0.25) is 0 Å². The molecule has 1 unspecified atom stereocenters. The van der Waals surface area contributed by atoms with Crippen LogP contribution in [0, 0.1) is 13.8 Å². The topological polar surface area (TPSA) is 64.4 Å². The Morgan fingerprint density at radius 2 is 2.00 bits per heavy atom. The lowest BCUT2D eigenvalue weighted by Gasteiger charge is -2.34. The molecule has 0 bridgehead atoms. The van der Waals surface area contributed by atoms with Gasteiger partial charge in [-0.2, -0.15) is 9.40 Å². The van der Waals surface area contributed by atoms with E-state index in [1.54, 1.807) is 23.0 Å². The minimum atomic E-state index is -3.51. The molecule has 1 saturated heterocycles. The lowest BCUT2D eigenvalue weighted by molar-refractivity contribution is 0.0620. The van der Waals surface area contributed by atoms with Crippen LogP contribution in [0.15, 0.2) is 4.90 Å². The maximum absolute atomic E-state index is 13.2. The average molecular weight is 343 g/mol. The number of hydrogen-bond acceptors (Lipinski definition) is 4. The van der Waals surface area contributed by atoms with Gasteiger partial charge in [0.2, 0.25) is 10.0 Å². The fourth-order valence-corrected chi connectivity index (χ4v) is 5.39. The maximum Gasteiger partial charge on any atom is 0.246 e. The summed E-state index contributed by atoms with van der Waals surface area (Å²) in [5.74, 6) is 0. The van der Waals surface area contributed by atoms with Gasteiger partial charge >= 0.3 is 0 Å². The predicted molar refractivity (Wildman–Crippen MR) is 89.9 cm³/mol. The number of aryl methyl sites for hydroxylation is 2. The summed E-state index contributed by atoms with van der Waals surface area (Å²) in [4.78, 5) is 0.372. The van der Waals surface area contributed by atoms with Gasteiger partial charge < -0.3 is 4.74 Å². The molecule has 0 radical (unpaired) electrons. The zero-order valence-electron chi connectivity index (χ0n) is 14.9. The van der Waals surface area contributed by atoms with Crippen molar-refractivity contribution in [1.82, 2.24) is 14.1 Å². The number of sulfonamides is 1. The molecular weight excluding hydrogens is 314 g/mol. The van der Waals surface area contributed by atoms with E-state index < -0.39 is 10.0 Å². The van der Waals surface area contributed by atoms with Crippen molar-refractivity contribution in [3.05, 3.63) is 11.4 Å². The van der Waals surface area contributed by atoms with E-state index >= 15 is 0 Å². The van der Waals surface area contributed by atoms with Crippen molar-refractivity contribution in [3.8, 4) is 0 Å². The highest BCUT2D eigenvalue weighted by Crippen LogP contribution is 2.30. The van der Waals surface area contributed by atoms with Crippen molar-refractivity contribution in [1.29, 1.82) is 0 Å². The summed E-state index contributed by atoms with van der Waals surface area (Å²) >= 11 is 0. The summed E-state index contributed by atoms with van der Waals surface area (Å²) in [6.07, 6.45) is 3.81. The van der Waals surface area contributed by atoms with Crippen LogP contribution in [0.5, 0.6) is 0 Å². The number of nitrogens with zero attached hydrogens (tertiary/aromatic N) is 3. The molecule has 1 atom stereocenters. The standard InChI is InChI=1S/C16H29N3O3S/c1-12(2)22-11-9-15-8-6-7-10-19(15)23(20,21)16-13(3)17-18(5)14(16)4/h12,15H,6-11H2,1-5H3. The molecular formula is C16H29N3O3S. The summed E-state index contributed by atoms with van der Waals surface area (Å²) in [5.41, 5.74) is 1.28. The minimum absolute atomic E-state index is 0.0199. The van der Waals surface area contributed by atoms with Crippen molar-refractivity contribution in [2.75, 3.05) is 13.2 Å². The highest BCUT2D eigenvalue weighted by Gasteiger charge is 2.36. The Morgan fingerprint density at radius 3 is 2.57 bits per heavy atom. The highest BCUT2D eigenvalue weighted by atomic mass is 32.2. The van der Waals surface area contributed by atoms with Crippen molar-refractivity contribution >= 4 is 10.0 Å². The number of ether oxygens (including phenoxy) is 1. The fraction of sp³-hybridized carbons (Fsp3) is 0.812. The molecule has 0 spiro atoms. The highest BCUT2D eigenvalue weighted by molar-refractivity contribution is 7.89. The van der Waals surface area contributed by atoms with Gasteiger partial charge in [-0.25, -0.2) is 8.42 Å². The second kappa shape index (κ2) is 7.32. The largest absolute Gasteiger partial charge is 0.379 e. The van der Waals surface area contributed by atoms with Gasteiger partial charge in [0.1, 0.15) is 4.90 Å². The SMILES string of the molecule is Cc1nn(C)c(C)c1S(=O)(=O)N1CCCCC1CCOC(C)C. The second-order valence-electron chi connectivity index (χ2n) is 6.60. The molecule has 1 aromatic heterocycles. The normalized spacial score (nSPS) is 20.3. The number of hydrogen-bond donors (Lipinski definition) is 0. The number of piperidine rings is 1. The molecule has 0 saturated carbocycles. The van der Waals surface area contributed by atoms with Crippen molar-refractivity contribution in [2.45, 2.75) is 70.4 Å². The molecule has 0 amide bonds. The molecule has 0 aliphatic carbocycles. The summed E-state index contributed by atoms with van der Waals surface area (Å²) in [6, 6.07) is 0.0199. The second-order valence-corrected chi connectivity index (χ2v) is 8.42. The molecule has 2 rings (SSSR count). The summed E-state index contributed by atoms with van der Waals surface area (Å²) in [6.45, 7) is 8.76. The average Bonchev–Trinajstić information content (AvgIpc) is 2.72. The summed E-state index contributed by atoms with van der Waals surface area (Å²) in [7, 11) is -1.72. The van der Waals surface area contributed by atoms with Crippen molar-refractivity contribution in [2.24, 2.45) is 7.05 Å². The van der Waals surface area contributed by atoms with Gasteiger partial charge in [0, 0.05) is 26.2 Å². The van der Waals surface area contributed by atoms with Gasteiger partial charge in [0.05, 0.1) is 17.5 Å². The van der Waals surface area contributed by atoms with E-state index in [0.717, 1.165) is 25.7 Å². The monoisotopic (exact) mass is 343 g/mol. The van der Waals surface area contributed by atoms with Gasteiger partial charge in [-0.1, -0.05) is 6.42 Å². The lowest BCUT2D eigenvalue weighted by atomic mass is 10.0. The van der Waals surface area contributed by atoms with E-state index in [4.69, 9.17) is 4.74 Å². The first-order chi connectivity index (χ1) is 10.7. The van der Waals surface area contributed by atoms with Crippen LogP contribution in [-0.4, -0.2) is 47.8 Å². The van der Waals surface area contributed by atoms with Crippen LogP contribution in [-0.2, 0) is 21.8 Å². The van der Waals surface area contributed by atoms with E-state index in [2.05, 4.69) is 5.10 Å². The molecule has 1 fully saturated rings. The van der Waals surface area contributed by atoms with Gasteiger partial charge in [0.15, 0.2) is 0 Å². The van der Waals surface area contributed by atoms with Crippen LogP contribution in [0.1, 0.15) is 50.9 Å². The van der Waals surface area contributed by atoms with Gasteiger partial charge in [-0.15, -0.1) is 0 Å². The Balaban J connectivity index is 2.24. The predicted octanol–water partition coefficient (Wildman–Crippen LogP) is 2.40. The van der Waals surface area contributed by atoms with Gasteiger partial charge in [-0.3, -0.25) is 4.68 Å². The van der Waals surface area contributed by atoms with Crippen LogP contribution in [0.3, 0.4) is 0 Å². The van der Waals surface area contributed by atoms with E-state index in [1.165, 1.54) is 0 Å². The number of aromatic nitrogens is 2. The number of rotatable bonds is 6. The molecule has 0 aromatic carbocycles. The zero-order chi connectivity index (χ0) is 17.2. The molecule has 1 aromatic rings. The third-order valence-corrected chi connectivity index (χ3v) is 6.69. The smallest absolute Gasteiger partial charge is 0.246 e. The quantitative estimate of drug-likeness (QED) is 0.795. The van der Waals surface area contributed by atoms with Gasteiger partial charge in [0.25, 0.3) is 0 Å². The lowest BCUT2D eigenvalue weighted by Crippen LogP contribution is -2.44. The fourth-order valence-electron chi connectivity index (χ4n) is 3.26. The van der Waals surface area contributed by atoms with Crippen LogP contribution in [0.25, 0.3) is 0 Å². The van der Waals surface area contributed by atoms with Crippen LogP contribution < -0.4 is 0 Å². The summed E-state index contributed by atoms with van der Waals surface area (Å²) in [5, 5.41) is 4.27. The maximum atomic E-state index is 13.2. The first-order valence-electron chi connectivity index (χ1n) is 8.38. The molecule has 2 heterocycles. The van der Waals surface area contributed by atoms with Crippen LogP contribution >= 0.6 is 0 Å². The summed E-state index contributed by atoms with van der Waals surface area (Å²) < 4.78 is 35.3. The van der Waals surface area contributed by atoms with Crippen LogP contribution in [0.4, 0.5) is 0 Å². The Morgan fingerprint density at radius 1 is 1.30 bits per heavy atom. The molecule has 6 nitrogen and oxygen atoms in total. The van der Waals surface area contributed by atoms with Gasteiger partial charge in [-0.05, 0) is 47.0 Å². The van der Waals surface area contributed by atoms with Crippen molar-refractivity contribution in [3.63, 3.8) is 0 Å². The Kier molecular flexibility index (Phi) is 5.86. The molecule has 1 aliphatic rings. The molecule has 23 heavy (non-hydrogen) atoms. The third-order valence-electron chi connectivity index (χ3n) is 4.48. The first-order valence-corrected chi connectivity index (χ1v) is 9.82.